The Balaban J connectivity index is 1.75. The van der Waals surface area contributed by atoms with Crippen LogP contribution in [0.25, 0.3) is 10.9 Å². The summed E-state index contributed by atoms with van der Waals surface area (Å²) in [5, 5.41) is 3.20. The van der Waals surface area contributed by atoms with Crippen LogP contribution in [0.15, 0.2) is 48.5 Å². The molecule has 0 radical (unpaired) electrons. The first-order valence-electron chi connectivity index (χ1n) is 8.36. The molecule has 0 aliphatic heterocycles. The number of aryl methyl sites for hydroxylation is 1. The molecule has 0 aliphatic carbocycles. The van der Waals surface area contributed by atoms with E-state index < -0.39 is 18.1 Å². The molecule has 3 rings (SSSR count). The summed E-state index contributed by atoms with van der Waals surface area (Å²) in [5.41, 5.74) is 7.86. The third kappa shape index (κ3) is 3.82. The van der Waals surface area contributed by atoms with E-state index in [2.05, 4.69) is 10.3 Å². The zero-order valence-electron chi connectivity index (χ0n) is 14.9. The monoisotopic (exact) mass is 365 g/mol. The number of carbonyl (C=O) groups is 3. The van der Waals surface area contributed by atoms with Crippen LogP contribution in [-0.2, 0) is 4.74 Å². The van der Waals surface area contributed by atoms with Gasteiger partial charge in [-0.15, -0.1) is 0 Å². The molecule has 2 amide bonds. The van der Waals surface area contributed by atoms with Crippen LogP contribution in [0.5, 0.6) is 0 Å². The third-order valence-corrected chi connectivity index (χ3v) is 4.18. The Kier molecular flexibility index (Phi) is 4.94. The molecular weight excluding hydrogens is 346 g/mol. The van der Waals surface area contributed by atoms with Crippen LogP contribution in [-0.4, -0.2) is 28.9 Å². The Morgan fingerprint density at radius 3 is 2.41 bits per heavy atom. The molecule has 2 aromatic carbocycles. The lowest BCUT2D eigenvalue weighted by atomic mass is 10.0. The summed E-state index contributed by atoms with van der Waals surface area (Å²) in [6.07, 6.45) is -0.946. The van der Waals surface area contributed by atoms with Gasteiger partial charge in [0, 0.05) is 27.8 Å². The van der Waals surface area contributed by atoms with E-state index in [9.17, 15) is 14.4 Å². The van der Waals surface area contributed by atoms with Gasteiger partial charge < -0.3 is 20.8 Å². The number of anilines is 1. The van der Waals surface area contributed by atoms with E-state index in [1.54, 1.807) is 6.92 Å². The van der Waals surface area contributed by atoms with Crippen molar-refractivity contribution in [2.45, 2.75) is 20.0 Å². The smallest absolute Gasteiger partial charge is 0.338 e. The minimum Gasteiger partial charge on any atom is -0.451 e. The van der Waals surface area contributed by atoms with Crippen molar-refractivity contribution < 1.29 is 19.1 Å². The molecule has 0 unspecified atom stereocenters. The summed E-state index contributed by atoms with van der Waals surface area (Å²) >= 11 is 0. The lowest BCUT2D eigenvalue weighted by molar-refractivity contribution is 0.0319. The van der Waals surface area contributed by atoms with E-state index in [1.165, 1.54) is 24.3 Å². The first-order valence-corrected chi connectivity index (χ1v) is 8.36. The molecule has 4 N–H and O–H groups in total. The number of aromatic amines is 1. The number of H-pyrrole nitrogens is 1. The van der Waals surface area contributed by atoms with Crippen LogP contribution in [0.2, 0.25) is 0 Å². The second-order valence-corrected chi connectivity index (χ2v) is 6.15. The molecule has 1 aromatic heterocycles. The number of fused-ring (bicyclic) bond motifs is 1. The Bertz CT molecular complexity index is 1020. The van der Waals surface area contributed by atoms with Gasteiger partial charge >= 0.3 is 12.0 Å². The predicted molar refractivity (Wildman–Crippen MR) is 102 cm³/mol. The first-order chi connectivity index (χ1) is 12.9. The largest absolute Gasteiger partial charge is 0.451 e. The van der Waals surface area contributed by atoms with Crippen molar-refractivity contribution in [2.75, 3.05) is 5.32 Å². The number of nitrogens with two attached hydrogens (primary N) is 1. The number of rotatable bonds is 5. The van der Waals surface area contributed by atoms with Crippen molar-refractivity contribution in [3.8, 4) is 0 Å². The number of esters is 1. The van der Waals surface area contributed by atoms with Crippen molar-refractivity contribution in [3.05, 3.63) is 65.4 Å². The van der Waals surface area contributed by atoms with E-state index in [4.69, 9.17) is 10.5 Å². The van der Waals surface area contributed by atoms with Gasteiger partial charge in [0.05, 0.1) is 5.56 Å². The topological polar surface area (TPSA) is 114 Å². The molecule has 7 heteroatoms. The fraction of sp³-hybridized carbons (Fsp3) is 0.150. The maximum atomic E-state index is 12.8. The molecule has 0 fully saturated rings. The predicted octanol–water partition coefficient (Wildman–Crippen LogP) is 3.40. The van der Waals surface area contributed by atoms with E-state index in [0.29, 0.717) is 11.3 Å². The molecular formula is C20H19N3O4. The van der Waals surface area contributed by atoms with Gasteiger partial charge in [0.25, 0.3) is 0 Å². The van der Waals surface area contributed by atoms with Crippen molar-refractivity contribution >= 4 is 34.4 Å². The van der Waals surface area contributed by atoms with Gasteiger partial charge in [-0.3, -0.25) is 4.79 Å². The van der Waals surface area contributed by atoms with Crippen LogP contribution in [0.3, 0.4) is 0 Å². The van der Waals surface area contributed by atoms with Crippen LogP contribution >= 0.6 is 0 Å². The summed E-state index contributed by atoms with van der Waals surface area (Å²) in [4.78, 5) is 39.1. The number of primary amides is 1. The van der Waals surface area contributed by atoms with Crippen LogP contribution in [0.4, 0.5) is 10.5 Å². The Hall–Kier alpha value is -3.61. The molecule has 0 saturated carbocycles. The molecule has 27 heavy (non-hydrogen) atoms. The van der Waals surface area contributed by atoms with E-state index in [1.807, 2.05) is 31.2 Å². The molecule has 1 heterocycles. The third-order valence-electron chi connectivity index (χ3n) is 4.18. The average molecular weight is 365 g/mol. The fourth-order valence-electron chi connectivity index (χ4n) is 2.91. The second kappa shape index (κ2) is 7.33. The summed E-state index contributed by atoms with van der Waals surface area (Å²) in [6, 6.07) is 12.8. The number of benzene rings is 2. The number of urea groups is 1. The molecule has 0 aliphatic rings. The lowest BCUT2D eigenvalue weighted by Crippen LogP contribution is -2.25. The number of Topliss-reactive ketones (excluding diaryl/α,β-unsaturated/α-hetero) is 1. The molecule has 0 saturated heterocycles. The maximum absolute atomic E-state index is 12.8. The summed E-state index contributed by atoms with van der Waals surface area (Å²) in [6.45, 7) is 3.36. The van der Waals surface area contributed by atoms with E-state index in [-0.39, 0.29) is 11.3 Å². The molecule has 0 spiro atoms. The average Bonchev–Trinajstić information content (AvgIpc) is 2.96. The summed E-state index contributed by atoms with van der Waals surface area (Å²) in [5.74, 6) is -0.899. The normalized spacial score (nSPS) is 11.8. The first kappa shape index (κ1) is 18.2. The SMILES string of the molecule is Cc1[nH]c2ccccc2c1C(=O)[C@H](C)OC(=O)c1ccc(NC(N)=O)cc1. The highest BCUT2D eigenvalue weighted by molar-refractivity contribution is 6.11. The van der Waals surface area contributed by atoms with Crippen LogP contribution < -0.4 is 11.1 Å². The second-order valence-electron chi connectivity index (χ2n) is 6.15. The lowest BCUT2D eigenvalue weighted by Gasteiger charge is -2.13. The van der Waals surface area contributed by atoms with Crippen molar-refractivity contribution in [3.63, 3.8) is 0 Å². The van der Waals surface area contributed by atoms with Crippen molar-refractivity contribution in [1.29, 1.82) is 0 Å². The van der Waals surface area contributed by atoms with Gasteiger partial charge in [-0.05, 0) is 44.2 Å². The number of amides is 2. The molecule has 138 valence electrons. The van der Waals surface area contributed by atoms with Crippen LogP contribution in [0, 0.1) is 6.92 Å². The highest BCUT2D eigenvalue weighted by Gasteiger charge is 2.24. The number of hydrogen-bond acceptors (Lipinski definition) is 4. The summed E-state index contributed by atoms with van der Waals surface area (Å²) < 4.78 is 5.33. The van der Waals surface area contributed by atoms with Crippen molar-refractivity contribution in [1.82, 2.24) is 4.98 Å². The summed E-state index contributed by atoms with van der Waals surface area (Å²) in [7, 11) is 0. The number of ketones is 1. The fourth-order valence-corrected chi connectivity index (χ4v) is 2.91. The maximum Gasteiger partial charge on any atom is 0.338 e. The number of para-hydroxylation sites is 1. The highest BCUT2D eigenvalue weighted by atomic mass is 16.5. The molecule has 7 nitrogen and oxygen atoms in total. The van der Waals surface area contributed by atoms with Crippen LogP contribution in [0.1, 0.15) is 33.3 Å². The minimum absolute atomic E-state index is 0.264. The van der Waals surface area contributed by atoms with Gasteiger partial charge in [0.15, 0.2) is 6.10 Å². The number of aromatic nitrogens is 1. The van der Waals surface area contributed by atoms with E-state index >= 15 is 0 Å². The number of ether oxygens (including phenoxy) is 1. The zero-order valence-corrected chi connectivity index (χ0v) is 14.9. The van der Waals surface area contributed by atoms with E-state index in [0.717, 1.165) is 16.6 Å². The highest BCUT2D eigenvalue weighted by Crippen LogP contribution is 2.24. The number of hydrogen-bond donors (Lipinski definition) is 3. The zero-order chi connectivity index (χ0) is 19.6. The standard InChI is InChI=1S/C20H19N3O4/c1-11-17(15-5-3-4-6-16(15)22-11)18(24)12(2)27-19(25)13-7-9-14(10-8-13)23-20(21)26/h3-10,12,22H,1-2H3,(H3,21,23,26)/t12-/m0/s1. The Morgan fingerprint density at radius 2 is 1.74 bits per heavy atom. The molecule has 0 bridgehead atoms. The quantitative estimate of drug-likeness (QED) is 0.475. The van der Waals surface area contributed by atoms with Gasteiger partial charge in [-0.25, -0.2) is 9.59 Å². The number of nitrogens with one attached hydrogen (secondary N) is 2. The molecule has 3 aromatic rings. The van der Waals surface area contributed by atoms with Crippen molar-refractivity contribution in [2.24, 2.45) is 5.73 Å². The van der Waals surface area contributed by atoms with Gasteiger partial charge in [-0.1, -0.05) is 18.2 Å². The minimum atomic E-state index is -0.946. The Morgan fingerprint density at radius 1 is 1.07 bits per heavy atom. The van der Waals surface area contributed by atoms with Gasteiger partial charge in [-0.2, -0.15) is 0 Å². The van der Waals surface area contributed by atoms with Gasteiger partial charge in [0.1, 0.15) is 0 Å². The number of carbonyl (C=O) groups excluding carboxylic acids is 3. The Labute approximate surface area is 155 Å². The molecule has 1 atom stereocenters. The van der Waals surface area contributed by atoms with Gasteiger partial charge in [0.2, 0.25) is 5.78 Å².